The molecule has 1 aromatic carbocycles. The molecule has 6 heteroatoms. The number of benzene rings is 1. The van der Waals surface area contributed by atoms with Crippen LogP contribution >= 0.6 is 0 Å². The molecule has 1 aliphatic rings. The molecule has 0 aliphatic carbocycles. The summed E-state index contributed by atoms with van der Waals surface area (Å²) in [4.78, 5) is 24.0. The van der Waals surface area contributed by atoms with E-state index in [2.05, 4.69) is 0 Å². The molecule has 1 saturated heterocycles. The number of ether oxygens (including phenoxy) is 2. The van der Waals surface area contributed by atoms with E-state index in [4.69, 9.17) is 14.6 Å². The third kappa shape index (κ3) is 5.07. The van der Waals surface area contributed by atoms with E-state index >= 15 is 0 Å². The maximum Gasteiger partial charge on any atom is 0.410 e. The van der Waals surface area contributed by atoms with Crippen LogP contribution in [0.1, 0.15) is 18.4 Å². The minimum absolute atomic E-state index is 0.233. The molecule has 1 fully saturated rings. The van der Waals surface area contributed by atoms with Gasteiger partial charge in [0.05, 0.1) is 12.6 Å². The Balaban J connectivity index is 1.77. The van der Waals surface area contributed by atoms with Gasteiger partial charge in [0.15, 0.2) is 0 Å². The molecule has 0 radical (unpaired) electrons. The van der Waals surface area contributed by atoms with Crippen LogP contribution in [0.3, 0.4) is 0 Å². The third-order valence-electron chi connectivity index (χ3n) is 3.28. The van der Waals surface area contributed by atoms with Crippen molar-refractivity contribution >= 4 is 12.1 Å². The summed E-state index contributed by atoms with van der Waals surface area (Å²) in [5.74, 6) is -1.00. The highest BCUT2D eigenvalue weighted by molar-refractivity contribution is 5.68. The number of carboxylic acids is 1. The molecular weight excluding hydrogens is 274 g/mol. The molecule has 6 nitrogen and oxygen atoms in total. The van der Waals surface area contributed by atoms with E-state index in [1.54, 1.807) is 4.90 Å². The highest BCUT2D eigenvalue weighted by atomic mass is 16.6. The minimum Gasteiger partial charge on any atom is -0.480 e. The summed E-state index contributed by atoms with van der Waals surface area (Å²) >= 11 is 0. The largest absolute Gasteiger partial charge is 0.480 e. The Hall–Kier alpha value is -2.08. The van der Waals surface area contributed by atoms with Crippen molar-refractivity contribution in [2.24, 2.45) is 0 Å². The topological polar surface area (TPSA) is 76.1 Å². The summed E-state index contributed by atoms with van der Waals surface area (Å²) in [6.07, 6.45) is 0.919. The highest BCUT2D eigenvalue weighted by Gasteiger charge is 2.25. The monoisotopic (exact) mass is 293 g/mol. The number of aliphatic carboxylic acids is 1. The average molecular weight is 293 g/mol. The van der Waals surface area contributed by atoms with Crippen LogP contribution in [0.25, 0.3) is 0 Å². The van der Waals surface area contributed by atoms with Crippen molar-refractivity contribution in [1.82, 2.24) is 4.90 Å². The van der Waals surface area contributed by atoms with Gasteiger partial charge in [0, 0.05) is 6.54 Å². The number of rotatable bonds is 5. The van der Waals surface area contributed by atoms with Gasteiger partial charge in [0.25, 0.3) is 0 Å². The van der Waals surface area contributed by atoms with Crippen molar-refractivity contribution < 1.29 is 24.2 Å². The number of hydrogen-bond acceptors (Lipinski definition) is 4. The molecule has 114 valence electrons. The summed E-state index contributed by atoms with van der Waals surface area (Å²) < 4.78 is 10.5. The predicted octanol–water partition coefficient (Wildman–Crippen LogP) is 1.89. The van der Waals surface area contributed by atoms with E-state index < -0.39 is 5.97 Å². The van der Waals surface area contributed by atoms with Crippen LogP contribution in [0, 0.1) is 0 Å². The first-order chi connectivity index (χ1) is 10.1. The first-order valence-electron chi connectivity index (χ1n) is 6.94. The fourth-order valence-electron chi connectivity index (χ4n) is 2.24. The van der Waals surface area contributed by atoms with Crippen LogP contribution in [0.5, 0.6) is 0 Å². The number of carboxylic acid groups (broad SMARTS) is 1. The third-order valence-corrected chi connectivity index (χ3v) is 3.28. The highest BCUT2D eigenvalue weighted by Crippen LogP contribution is 2.14. The van der Waals surface area contributed by atoms with Crippen LogP contribution in [0.2, 0.25) is 0 Å². The number of hydrogen-bond donors (Lipinski definition) is 1. The SMILES string of the molecule is O=C(O)COC1CCCN(C(=O)OCc2ccccc2)C1. The van der Waals surface area contributed by atoms with Crippen LogP contribution in [-0.2, 0) is 20.9 Å². The van der Waals surface area contributed by atoms with Gasteiger partial charge >= 0.3 is 12.1 Å². The summed E-state index contributed by atoms with van der Waals surface area (Å²) in [6.45, 7) is 0.885. The molecule has 1 N–H and O–H groups in total. The van der Waals surface area contributed by atoms with Gasteiger partial charge in [-0.25, -0.2) is 9.59 Å². The first-order valence-corrected chi connectivity index (χ1v) is 6.94. The number of piperidine rings is 1. The van der Waals surface area contributed by atoms with Gasteiger partial charge < -0.3 is 19.5 Å². The second-order valence-electron chi connectivity index (χ2n) is 4.96. The minimum atomic E-state index is -1.00. The lowest BCUT2D eigenvalue weighted by atomic mass is 10.1. The molecule has 0 saturated carbocycles. The second kappa shape index (κ2) is 7.64. The number of nitrogens with zero attached hydrogens (tertiary/aromatic N) is 1. The summed E-state index contributed by atoms with van der Waals surface area (Å²) in [6, 6.07) is 9.46. The first kappa shape index (κ1) is 15.3. The van der Waals surface area contributed by atoms with E-state index in [-0.39, 0.29) is 25.4 Å². The Bertz CT molecular complexity index is 476. The van der Waals surface area contributed by atoms with Gasteiger partial charge in [0.1, 0.15) is 13.2 Å². The van der Waals surface area contributed by atoms with Crippen LogP contribution < -0.4 is 0 Å². The Kier molecular flexibility index (Phi) is 5.57. The molecule has 21 heavy (non-hydrogen) atoms. The van der Waals surface area contributed by atoms with Crippen molar-refractivity contribution in [2.75, 3.05) is 19.7 Å². The lowest BCUT2D eigenvalue weighted by Gasteiger charge is -2.31. The Morgan fingerprint density at radius 2 is 2.05 bits per heavy atom. The van der Waals surface area contributed by atoms with Gasteiger partial charge in [-0.05, 0) is 18.4 Å². The zero-order valence-corrected chi connectivity index (χ0v) is 11.7. The number of likely N-dealkylation sites (tertiary alicyclic amines) is 1. The molecule has 1 amide bonds. The number of carbonyl (C=O) groups excluding carboxylic acids is 1. The molecule has 1 atom stereocenters. The van der Waals surface area contributed by atoms with E-state index in [9.17, 15) is 9.59 Å². The molecule has 1 aliphatic heterocycles. The molecule has 0 spiro atoms. The molecule has 1 aromatic rings. The van der Waals surface area contributed by atoms with Crippen molar-refractivity contribution in [3.63, 3.8) is 0 Å². The number of carbonyl (C=O) groups is 2. The smallest absolute Gasteiger partial charge is 0.410 e. The van der Waals surface area contributed by atoms with Crippen LogP contribution in [0.15, 0.2) is 30.3 Å². The fourth-order valence-corrected chi connectivity index (χ4v) is 2.24. The van der Waals surface area contributed by atoms with Crippen LogP contribution in [0.4, 0.5) is 4.79 Å². The standard InChI is InChI=1S/C15H19NO5/c17-14(18)11-20-13-7-4-8-16(9-13)15(19)21-10-12-5-2-1-3-6-12/h1-3,5-6,13H,4,7-11H2,(H,17,18). The predicted molar refractivity (Wildman–Crippen MR) is 74.8 cm³/mol. The fraction of sp³-hybridized carbons (Fsp3) is 0.467. The summed E-state index contributed by atoms with van der Waals surface area (Å²) in [5, 5.41) is 8.60. The maximum atomic E-state index is 12.0. The molecule has 0 aromatic heterocycles. The quantitative estimate of drug-likeness (QED) is 0.897. The van der Waals surface area contributed by atoms with Crippen molar-refractivity contribution in [3.8, 4) is 0 Å². The Morgan fingerprint density at radius 1 is 1.29 bits per heavy atom. The Labute approximate surface area is 123 Å². The molecule has 0 bridgehead atoms. The summed E-state index contributed by atoms with van der Waals surface area (Å²) in [5.41, 5.74) is 0.932. The zero-order valence-electron chi connectivity index (χ0n) is 11.7. The maximum absolute atomic E-state index is 12.0. The van der Waals surface area contributed by atoms with Gasteiger partial charge in [-0.15, -0.1) is 0 Å². The lowest BCUT2D eigenvalue weighted by molar-refractivity contribution is -0.145. The molecule has 2 rings (SSSR count). The van der Waals surface area contributed by atoms with Gasteiger partial charge in [-0.1, -0.05) is 30.3 Å². The van der Waals surface area contributed by atoms with Gasteiger partial charge in [-0.2, -0.15) is 0 Å². The average Bonchev–Trinajstić information content (AvgIpc) is 2.52. The van der Waals surface area contributed by atoms with E-state index in [1.165, 1.54) is 0 Å². The van der Waals surface area contributed by atoms with E-state index in [1.807, 2.05) is 30.3 Å². The molecular formula is C15H19NO5. The van der Waals surface area contributed by atoms with Gasteiger partial charge in [0.2, 0.25) is 0 Å². The summed E-state index contributed by atoms with van der Waals surface area (Å²) in [7, 11) is 0. The number of amides is 1. The second-order valence-corrected chi connectivity index (χ2v) is 4.96. The van der Waals surface area contributed by atoms with E-state index in [0.717, 1.165) is 18.4 Å². The Morgan fingerprint density at radius 3 is 2.76 bits per heavy atom. The molecule has 1 heterocycles. The van der Waals surface area contributed by atoms with Gasteiger partial charge in [-0.3, -0.25) is 0 Å². The van der Waals surface area contributed by atoms with Crippen molar-refractivity contribution in [3.05, 3.63) is 35.9 Å². The zero-order chi connectivity index (χ0) is 15.1. The molecule has 1 unspecified atom stereocenters. The normalized spacial score (nSPS) is 18.3. The van der Waals surface area contributed by atoms with Crippen molar-refractivity contribution in [1.29, 1.82) is 0 Å². The lowest BCUT2D eigenvalue weighted by Crippen LogP contribution is -2.43. The van der Waals surface area contributed by atoms with Crippen LogP contribution in [-0.4, -0.2) is 47.9 Å². The van der Waals surface area contributed by atoms with Crippen molar-refractivity contribution in [2.45, 2.75) is 25.6 Å². The van der Waals surface area contributed by atoms with E-state index in [0.29, 0.717) is 13.1 Å².